The van der Waals surface area contributed by atoms with Crippen molar-refractivity contribution in [3.8, 4) is 5.75 Å². The van der Waals surface area contributed by atoms with Gasteiger partial charge in [-0.1, -0.05) is 76.6 Å². The number of methoxy groups -OCH3 is 1. The van der Waals surface area contributed by atoms with E-state index in [1.807, 2.05) is 78.9 Å². The molecule has 136 valence electrons. The van der Waals surface area contributed by atoms with Crippen LogP contribution in [-0.4, -0.2) is 19.2 Å². The molecule has 0 bridgehead atoms. The number of rotatable bonds is 6. The number of amides is 1. The van der Waals surface area contributed by atoms with E-state index in [1.165, 1.54) is 0 Å². The summed E-state index contributed by atoms with van der Waals surface area (Å²) in [5.41, 5.74) is 5.25. The Kier molecular flexibility index (Phi) is 6.39. The largest absolute Gasteiger partial charge is 0.496 e. The lowest BCUT2D eigenvalue weighted by molar-refractivity contribution is -0.121. The maximum Gasteiger partial charge on any atom is 0.252 e. The fourth-order valence-electron chi connectivity index (χ4n) is 2.82. The number of nitrogens with zero attached hydrogens (tertiary/aromatic N) is 1. The van der Waals surface area contributed by atoms with Crippen molar-refractivity contribution in [1.82, 2.24) is 5.43 Å². The van der Waals surface area contributed by atoms with Gasteiger partial charge in [0.05, 0.1) is 19.2 Å². The Morgan fingerprint density at radius 3 is 2.15 bits per heavy atom. The molecule has 0 aliphatic carbocycles. The van der Waals surface area contributed by atoms with Crippen LogP contribution in [-0.2, 0) is 4.79 Å². The standard InChI is InChI=1S/C22H19BrN2O2/c1-27-20-13-12-19(23)14-18(20)15-24-25-22(26)21(16-8-4-2-5-9-16)17-10-6-3-7-11-17/h2-15,21H,1H3,(H,25,26)/b24-15-. The lowest BCUT2D eigenvalue weighted by Crippen LogP contribution is -2.26. The zero-order chi connectivity index (χ0) is 19.1. The average Bonchev–Trinajstić information content (AvgIpc) is 2.70. The molecule has 3 rings (SSSR count). The monoisotopic (exact) mass is 422 g/mol. The summed E-state index contributed by atoms with van der Waals surface area (Å²) in [6.45, 7) is 0. The summed E-state index contributed by atoms with van der Waals surface area (Å²) >= 11 is 3.43. The van der Waals surface area contributed by atoms with Crippen molar-refractivity contribution in [2.45, 2.75) is 5.92 Å². The first-order valence-electron chi connectivity index (χ1n) is 8.45. The molecule has 0 saturated heterocycles. The van der Waals surface area contributed by atoms with Gasteiger partial charge in [-0.3, -0.25) is 4.79 Å². The molecule has 3 aromatic carbocycles. The Hall–Kier alpha value is -2.92. The van der Waals surface area contributed by atoms with Gasteiger partial charge in [0.25, 0.3) is 5.91 Å². The summed E-state index contributed by atoms with van der Waals surface area (Å²) in [4.78, 5) is 12.9. The molecule has 4 nitrogen and oxygen atoms in total. The number of carbonyl (C=O) groups excluding carboxylic acids is 1. The highest BCUT2D eigenvalue weighted by atomic mass is 79.9. The van der Waals surface area contributed by atoms with Gasteiger partial charge in [0, 0.05) is 10.0 Å². The van der Waals surface area contributed by atoms with Gasteiger partial charge in [-0.15, -0.1) is 0 Å². The minimum Gasteiger partial charge on any atom is -0.496 e. The first-order chi connectivity index (χ1) is 13.2. The van der Waals surface area contributed by atoms with Crippen molar-refractivity contribution < 1.29 is 9.53 Å². The lowest BCUT2D eigenvalue weighted by atomic mass is 9.91. The Morgan fingerprint density at radius 2 is 1.59 bits per heavy atom. The molecule has 0 heterocycles. The van der Waals surface area contributed by atoms with Gasteiger partial charge in [-0.25, -0.2) is 5.43 Å². The van der Waals surface area contributed by atoms with E-state index in [1.54, 1.807) is 13.3 Å². The topological polar surface area (TPSA) is 50.7 Å². The first kappa shape index (κ1) is 18.9. The molecule has 0 aliphatic rings. The van der Waals surface area contributed by atoms with Gasteiger partial charge in [-0.2, -0.15) is 5.10 Å². The molecule has 0 spiro atoms. The predicted octanol–water partition coefficient (Wildman–Crippen LogP) is 4.74. The zero-order valence-corrected chi connectivity index (χ0v) is 16.4. The van der Waals surface area contributed by atoms with E-state index in [0.29, 0.717) is 5.75 Å². The third kappa shape index (κ3) is 4.83. The summed E-state index contributed by atoms with van der Waals surface area (Å²) in [7, 11) is 1.60. The third-order valence-electron chi connectivity index (χ3n) is 4.10. The van der Waals surface area contributed by atoms with E-state index < -0.39 is 5.92 Å². The summed E-state index contributed by atoms with van der Waals surface area (Å²) in [5, 5.41) is 4.14. The molecule has 0 fully saturated rings. The lowest BCUT2D eigenvalue weighted by Gasteiger charge is -2.16. The Morgan fingerprint density at radius 1 is 1.00 bits per heavy atom. The maximum absolute atomic E-state index is 12.9. The molecule has 0 unspecified atom stereocenters. The number of benzene rings is 3. The summed E-state index contributed by atoms with van der Waals surface area (Å²) in [5.74, 6) is 0.0467. The Labute approximate surface area is 167 Å². The molecule has 3 aromatic rings. The van der Waals surface area contributed by atoms with Crippen LogP contribution in [0.1, 0.15) is 22.6 Å². The van der Waals surface area contributed by atoms with Crippen molar-refractivity contribution in [2.24, 2.45) is 5.10 Å². The molecule has 1 N–H and O–H groups in total. The Bertz CT molecular complexity index is 888. The summed E-state index contributed by atoms with van der Waals surface area (Å²) < 4.78 is 6.22. The molecular weight excluding hydrogens is 404 g/mol. The highest BCUT2D eigenvalue weighted by molar-refractivity contribution is 9.10. The number of nitrogens with one attached hydrogen (secondary N) is 1. The quantitative estimate of drug-likeness (QED) is 0.460. The van der Waals surface area contributed by atoms with E-state index >= 15 is 0 Å². The molecule has 0 saturated carbocycles. The summed E-state index contributed by atoms with van der Waals surface area (Å²) in [6.07, 6.45) is 1.58. The van der Waals surface area contributed by atoms with Crippen LogP contribution in [0.4, 0.5) is 0 Å². The number of ether oxygens (including phenoxy) is 1. The number of carbonyl (C=O) groups is 1. The van der Waals surface area contributed by atoms with E-state index in [4.69, 9.17) is 4.74 Å². The van der Waals surface area contributed by atoms with E-state index in [-0.39, 0.29) is 5.91 Å². The van der Waals surface area contributed by atoms with Crippen molar-refractivity contribution in [2.75, 3.05) is 7.11 Å². The highest BCUT2D eigenvalue weighted by Gasteiger charge is 2.22. The minimum atomic E-state index is -0.436. The van der Waals surface area contributed by atoms with Gasteiger partial charge >= 0.3 is 0 Å². The molecule has 0 atom stereocenters. The van der Waals surface area contributed by atoms with Crippen LogP contribution < -0.4 is 10.2 Å². The van der Waals surface area contributed by atoms with E-state index in [0.717, 1.165) is 21.2 Å². The van der Waals surface area contributed by atoms with Crippen LogP contribution in [0.3, 0.4) is 0 Å². The van der Waals surface area contributed by atoms with Crippen LogP contribution in [0, 0.1) is 0 Å². The number of halogens is 1. The van der Waals surface area contributed by atoms with Crippen LogP contribution in [0.25, 0.3) is 0 Å². The molecule has 0 aliphatic heterocycles. The predicted molar refractivity (Wildman–Crippen MR) is 111 cm³/mol. The SMILES string of the molecule is COc1ccc(Br)cc1/C=N\NC(=O)C(c1ccccc1)c1ccccc1. The first-order valence-corrected chi connectivity index (χ1v) is 9.24. The van der Waals surface area contributed by atoms with Crippen LogP contribution in [0.5, 0.6) is 5.75 Å². The molecular formula is C22H19BrN2O2. The van der Waals surface area contributed by atoms with Gasteiger partial charge < -0.3 is 4.74 Å². The molecule has 0 radical (unpaired) electrons. The normalized spacial score (nSPS) is 10.9. The highest BCUT2D eigenvalue weighted by Crippen LogP contribution is 2.25. The third-order valence-corrected chi connectivity index (χ3v) is 4.59. The van der Waals surface area contributed by atoms with E-state index in [9.17, 15) is 4.79 Å². The van der Waals surface area contributed by atoms with Gasteiger partial charge in [0.15, 0.2) is 0 Å². The maximum atomic E-state index is 12.9. The summed E-state index contributed by atoms with van der Waals surface area (Å²) in [6, 6.07) is 24.9. The molecule has 27 heavy (non-hydrogen) atoms. The van der Waals surface area contributed by atoms with Gasteiger partial charge in [0.2, 0.25) is 0 Å². The van der Waals surface area contributed by atoms with Crippen molar-refractivity contribution in [3.63, 3.8) is 0 Å². The Balaban J connectivity index is 1.83. The fourth-order valence-corrected chi connectivity index (χ4v) is 3.20. The molecule has 5 heteroatoms. The fraction of sp³-hybridized carbons (Fsp3) is 0.0909. The average molecular weight is 423 g/mol. The number of hydrogen-bond acceptors (Lipinski definition) is 3. The smallest absolute Gasteiger partial charge is 0.252 e. The van der Waals surface area contributed by atoms with Crippen molar-refractivity contribution in [3.05, 3.63) is 100 Å². The molecule has 0 aromatic heterocycles. The van der Waals surface area contributed by atoms with Crippen LogP contribution in [0.2, 0.25) is 0 Å². The number of hydrazone groups is 1. The van der Waals surface area contributed by atoms with Gasteiger partial charge in [0.1, 0.15) is 5.75 Å². The second kappa shape index (κ2) is 9.14. The van der Waals surface area contributed by atoms with Crippen molar-refractivity contribution >= 4 is 28.1 Å². The van der Waals surface area contributed by atoms with E-state index in [2.05, 4.69) is 26.5 Å². The van der Waals surface area contributed by atoms with Gasteiger partial charge in [-0.05, 0) is 29.3 Å². The minimum absolute atomic E-state index is 0.197. The van der Waals surface area contributed by atoms with Crippen LogP contribution in [0.15, 0.2) is 88.4 Å². The zero-order valence-electron chi connectivity index (χ0n) is 14.8. The second-order valence-electron chi connectivity index (χ2n) is 5.87. The molecule has 1 amide bonds. The van der Waals surface area contributed by atoms with Crippen LogP contribution >= 0.6 is 15.9 Å². The van der Waals surface area contributed by atoms with Crippen molar-refractivity contribution in [1.29, 1.82) is 0 Å². The number of hydrogen-bond donors (Lipinski definition) is 1. The second-order valence-corrected chi connectivity index (χ2v) is 6.79.